The highest BCUT2D eigenvalue weighted by Gasteiger charge is 2.17. The second-order valence-corrected chi connectivity index (χ2v) is 4.98. The molecule has 0 aliphatic rings. The molecule has 2 aromatic heterocycles. The maximum absolute atomic E-state index is 10.9. The fraction of sp³-hybridized carbons (Fsp3) is 0. The molecule has 0 bridgehead atoms. The van der Waals surface area contributed by atoms with Gasteiger partial charge in [0.25, 0.3) is 0 Å². The van der Waals surface area contributed by atoms with Crippen LogP contribution in [0.5, 0.6) is 0 Å². The summed E-state index contributed by atoms with van der Waals surface area (Å²) < 4.78 is 0. The number of benzene rings is 1. The van der Waals surface area contributed by atoms with Crippen molar-refractivity contribution in [3.63, 3.8) is 0 Å². The number of H-pyrrole nitrogens is 1. The van der Waals surface area contributed by atoms with Gasteiger partial charge in [0.1, 0.15) is 0 Å². The molecule has 1 aromatic carbocycles. The second-order valence-electron chi connectivity index (χ2n) is 4.02. The fourth-order valence-electron chi connectivity index (χ4n) is 1.70. The van der Waals surface area contributed by atoms with Gasteiger partial charge in [-0.25, -0.2) is 9.97 Å². The SMILES string of the molecule is O=[N+]([O-])c1cccnc1Sc1n[nH]c(-c2ccccc2)n1. The van der Waals surface area contributed by atoms with Gasteiger partial charge >= 0.3 is 5.69 Å². The molecule has 0 unspecified atom stereocenters. The molecule has 0 saturated carbocycles. The molecule has 0 radical (unpaired) electrons. The number of nitrogens with one attached hydrogen (secondary N) is 1. The van der Waals surface area contributed by atoms with E-state index in [1.807, 2.05) is 30.3 Å². The Labute approximate surface area is 123 Å². The van der Waals surface area contributed by atoms with E-state index in [-0.39, 0.29) is 10.7 Å². The largest absolute Gasteiger partial charge is 0.301 e. The molecular formula is C13H9N5O2S. The van der Waals surface area contributed by atoms with Crippen LogP contribution >= 0.6 is 11.8 Å². The average Bonchev–Trinajstić information content (AvgIpc) is 2.97. The van der Waals surface area contributed by atoms with Crippen LogP contribution < -0.4 is 0 Å². The first-order valence-electron chi connectivity index (χ1n) is 5.99. The lowest BCUT2D eigenvalue weighted by Gasteiger charge is -1.97. The molecule has 3 rings (SSSR count). The summed E-state index contributed by atoms with van der Waals surface area (Å²) >= 11 is 1.05. The van der Waals surface area contributed by atoms with E-state index in [1.165, 1.54) is 18.3 Å². The Balaban J connectivity index is 1.87. The third kappa shape index (κ3) is 2.90. The number of nitro groups is 1. The highest BCUT2D eigenvalue weighted by molar-refractivity contribution is 7.99. The van der Waals surface area contributed by atoms with Gasteiger partial charge in [-0.3, -0.25) is 15.2 Å². The molecule has 3 aromatic rings. The van der Waals surface area contributed by atoms with Crippen LogP contribution in [0.15, 0.2) is 58.8 Å². The number of hydrogen-bond acceptors (Lipinski definition) is 6. The Morgan fingerprint density at radius 2 is 1.95 bits per heavy atom. The molecule has 21 heavy (non-hydrogen) atoms. The van der Waals surface area contributed by atoms with Crippen LogP contribution in [-0.4, -0.2) is 25.1 Å². The summed E-state index contributed by atoms with van der Waals surface area (Å²) in [5.74, 6) is 0.608. The molecule has 8 heteroatoms. The number of rotatable bonds is 4. The van der Waals surface area contributed by atoms with Crippen molar-refractivity contribution >= 4 is 17.4 Å². The molecule has 0 aliphatic heterocycles. The third-order valence-electron chi connectivity index (χ3n) is 2.65. The van der Waals surface area contributed by atoms with E-state index in [2.05, 4.69) is 20.2 Å². The summed E-state index contributed by atoms with van der Waals surface area (Å²) in [5.41, 5.74) is 0.834. The van der Waals surface area contributed by atoms with Gasteiger partial charge in [0.05, 0.1) is 4.92 Å². The smallest absolute Gasteiger partial charge is 0.258 e. The van der Waals surface area contributed by atoms with Crippen molar-refractivity contribution in [2.24, 2.45) is 0 Å². The quantitative estimate of drug-likeness (QED) is 0.587. The van der Waals surface area contributed by atoms with Gasteiger partial charge in [0.15, 0.2) is 10.9 Å². The second kappa shape index (κ2) is 5.71. The maximum atomic E-state index is 10.9. The lowest BCUT2D eigenvalue weighted by atomic mass is 10.2. The van der Waals surface area contributed by atoms with Crippen LogP contribution in [-0.2, 0) is 0 Å². The van der Waals surface area contributed by atoms with Gasteiger partial charge < -0.3 is 0 Å². The first kappa shape index (κ1) is 13.3. The summed E-state index contributed by atoms with van der Waals surface area (Å²) in [4.78, 5) is 18.8. The Kier molecular flexibility index (Phi) is 3.61. The molecular weight excluding hydrogens is 290 g/mol. The lowest BCUT2D eigenvalue weighted by Crippen LogP contribution is -1.92. The summed E-state index contributed by atoms with van der Waals surface area (Å²) in [6.45, 7) is 0. The van der Waals surface area contributed by atoms with Crippen LogP contribution in [0.1, 0.15) is 0 Å². The van der Waals surface area contributed by atoms with E-state index in [4.69, 9.17) is 0 Å². The minimum absolute atomic E-state index is 0.0615. The molecule has 2 heterocycles. The minimum atomic E-state index is -0.472. The number of hydrogen-bond donors (Lipinski definition) is 1. The van der Waals surface area contributed by atoms with Crippen molar-refractivity contribution in [2.45, 2.75) is 10.2 Å². The summed E-state index contributed by atoms with van der Waals surface area (Å²) in [7, 11) is 0. The van der Waals surface area contributed by atoms with Crippen molar-refractivity contribution in [1.29, 1.82) is 0 Å². The summed E-state index contributed by atoms with van der Waals surface area (Å²) in [5, 5.41) is 18.5. The standard InChI is InChI=1S/C13H9N5O2S/c19-18(20)10-7-4-8-14-12(10)21-13-15-11(16-17-13)9-5-2-1-3-6-9/h1-8H,(H,15,16,17). The van der Waals surface area contributed by atoms with E-state index < -0.39 is 4.92 Å². The Hall–Kier alpha value is -2.74. The van der Waals surface area contributed by atoms with Crippen molar-refractivity contribution in [1.82, 2.24) is 20.2 Å². The van der Waals surface area contributed by atoms with Crippen LogP contribution in [0.2, 0.25) is 0 Å². The van der Waals surface area contributed by atoms with Gasteiger partial charge in [-0.15, -0.1) is 5.10 Å². The molecule has 0 fully saturated rings. The molecule has 0 atom stereocenters. The average molecular weight is 299 g/mol. The monoisotopic (exact) mass is 299 g/mol. The van der Waals surface area contributed by atoms with E-state index in [0.29, 0.717) is 11.0 Å². The molecule has 1 N–H and O–H groups in total. The topological polar surface area (TPSA) is 97.6 Å². The number of aromatic nitrogens is 4. The molecule has 0 saturated heterocycles. The van der Waals surface area contributed by atoms with Crippen molar-refractivity contribution < 1.29 is 4.92 Å². The van der Waals surface area contributed by atoms with Crippen LogP contribution in [0.3, 0.4) is 0 Å². The molecule has 0 spiro atoms. The van der Waals surface area contributed by atoms with Crippen LogP contribution in [0, 0.1) is 10.1 Å². The Bertz CT molecular complexity index is 775. The molecule has 0 aliphatic carbocycles. The zero-order valence-corrected chi connectivity index (χ0v) is 11.4. The van der Waals surface area contributed by atoms with Gasteiger partial charge in [-0.2, -0.15) is 0 Å². The predicted molar refractivity (Wildman–Crippen MR) is 76.8 cm³/mol. The molecule has 104 valence electrons. The number of nitrogens with zero attached hydrogens (tertiary/aromatic N) is 4. The van der Waals surface area contributed by atoms with Crippen LogP contribution in [0.25, 0.3) is 11.4 Å². The fourth-order valence-corrected chi connectivity index (χ4v) is 2.47. The van der Waals surface area contributed by atoms with E-state index in [9.17, 15) is 10.1 Å². The number of aromatic amines is 1. The Morgan fingerprint density at radius 3 is 2.71 bits per heavy atom. The third-order valence-corrected chi connectivity index (χ3v) is 3.52. The Morgan fingerprint density at radius 1 is 1.14 bits per heavy atom. The van der Waals surface area contributed by atoms with E-state index in [1.54, 1.807) is 0 Å². The minimum Gasteiger partial charge on any atom is -0.258 e. The highest BCUT2D eigenvalue weighted by Crippen LogP contribution is 2.31. The highest BCUT2D eigenvalue weighted by atomic mass is 32.2. The summed E-state index contributed by atoms with van der Waals surface area (Å²) in [6, 6.07) is 12.4. The number of pyridine rings is 1. The normalized spacial score (nSPS) is 10.5. The predicted octanol–water partition coefficient (Wildman–Crippen LogP) is 2.93. The van der Waals surface area contributed by atoms with Crippen molar-refractivity contribution in [3.05, 3.63) is 58.8 Å². The van der Waals surface area contributed by atoms with Gasteiger partial charge in [-0.05, 0) is 17.8 Å². The zero-order chi connectivity index (χ0) is 14.7. The first-order valence-corrected chi connectivity index (χ1v) is 6.81. The zero-order valence-electron chi connectivity index (χ0n) is 10.6. The molecule has 0 amide bonds. The van der Waals surface area contributed by atoms with Crippen molar-refractivity contribution in [2.75, 3.05) is 0 Å². The van der Waals surface area contributed by atoms with E-state index >= 15 is 0 Å². The van der Waals surface area contributed by atoms with E-state index in [0.717, 1.165) is 17.3 Å². The first-order chi connectivity index (χ1) is 10.2. The summed E-state index contributed by atoms with van der Waals surface area (Å²) in [6.07, 6.45) is 1.50. The maximum Gasteiger partial charge on any atom is 0.301 e. The molecule has 7 nitrogen and oxygen atoms in total. The van der Waals surface area contributed by atoms with Gasteiger partial charge in [0, 0.05) is 17.8 Å². The van der Waals surface area contributed by atoms with Crippen LogP contribution in [0.4, 0.5) is 5.69 Å². The van der Waals surface area contributed by atoms with Gasteiger partial charge in [0.2, 0.25) is 5.16 Å². The van der Waals surface area contributed by atoms with Gasteiger partial charge in [-0.1, -0.05) is 30.3 Å². The van der Waals surface area contributed by atoms with Crippen molar-refractivity contribution in [3.8, 4) is 11.4 Å². The lowest BCUT2D eigenvalue weighted by molar-refractivity contribution is -0.388.